The highest BCUT2D eigenvalue weighted by Crippen LogP contribution is 2.18. The molecular weight excluding hydrogens is 374 g/mol. The highest BCUT2D eigenvalue weighted by atomic mass is 32.1. The number of nitrogens with one attached hydrogen (secondary N) is 1. The molecule has 0 aliphatic rings. The molecule has 2 heterocycles. The van der Waals surface area contributed by atoms with Gasteiger partial charge in [-0.05, 0) is 43.5 Å². The van der Waals surface area contributed by atoms with Gasteiger partial charge in [0, 0.05) is 12.2 Å². The number of carbonyl (C=O) groups excluding carboxylic acids is 1. The lowest BCUT2D eigenvalue weighted by atomic mass is 10.1. The third-order valence-electron chi connectivity index (χ3n) is 4.56. The first kappa shape index (κ1) is 20.3. The van der Waals surface area contributed by atoms with Crippen molar-refractivity contribution in [3.63, 3.8) is 0 Å². The lowest BCUT2D eigenvalue weighted by Crippen LogP contribution is -2.33. The van der Waals surface area contributed by atoms with Gasteiger partial charge in [0.15, 0.2) is 0 Å². The van der Waals surface area contributed by atoms with Crippen molar-refractivity contribution in [1.29, 1.82) is 0 Å². The van der Waals surface area contributed by atoms with Gasteiger partial charge in [-0.15, -0.1) is 11.3 Å². The van der Waals surface area contributed by atoms with Crippen LogP contribution in [0.2, 0.25) is 0 Å². The second-order valence-corrected chi connectivity index (χ2v) is 7.61. The third-order valence-corrected chi connectivity index (χ3v) is 5.43. The van der Waals surface area contributed by atoms with Gasteiger partial charge in [0.1, 0.15) is 5.56 Å². The molecule has 28 heavy (non-hydrogen) atoms. The molecular formula is C21H25N3O3S. The Morgan fingerprint density at radius 2 is 1.96 bits per heavy atom. The van der Waals surface area contributed by atoms with E-state index in [1.165, 1.54) is 16.0 Å². The lowest BCUT2D eigenvalue weighted by molar-refractivity contribution is 0.104. The zero-order valence-corrected chi connectivity index (χ0v) is 16.9. The van der Waals surface area contributed by atoms with Crippen LogP contribution in [-0.2, 0) is 6.54 Å². The van der Waals surface area contributed by atoms with E-state index in [9.17, 15) is 14.7 Å². The molecule has 0 spiro atoms. The van der Waals surface area contributed by atoms with Crippen LogP contribution in [0.25, 0.3) is 5.69 Å². The number of aliphatic hydroxyl groups is 1. The van der Waals surface area contributed by atoms with Crippen LogP contribution in [0, 0.1) is 6.92 Å². The van der Waals surface area contributed by atoms with E-state index in [1.807, 2.05) is 35.7 Å². The van der Waals surface area contributed by atoms with E-state index in [0.717, 1.165) is 13.0 Å². The number of rotatable bonds is 9. The summed E-state index contributed by atoms with van der Waals surface area (Å²) >= 11 is 1.32. The monoisotopic (exact) mass is 399 g/mol. The van der Waals surface area contributed by atoms with E-state index in [4.69, 9.17) is 0 Å². The molecule has 0 fully saturated rings. The van der Waals surface area contributed by atoms with Crippen molar-refractivity contribution in [2.45, 2.75) is 32.9 Å². The van der Waals surface area contributed by atoms with Crippen LogP contribution in [0.1, 0.15) is 34.3 Å². The Morgan fingerprint density at radius 3 is 2.61 bits per heavy atom. The van der Waals surface area contributed by atoms with E-state index in [1.54, 1.807) is 23.7 Å². The molecule has 3 rings (SSSR count). The smallest absolute Gasteiger partial charge is 0.282 e. The molecule has 3 aromatic rings. The van der Waals surface area contributed by atoms with Crippen molar-refractivity contribution in [1.82, 2.24) is 14.7 Å². The van der Waals surface area contributed by atoms with Crippen LogP contribution >= 0.6 is 11.3 Å². The predicted octanol–water partition coefficient (Wildman–Crippen LogP) is 2.60. The first-order chi connectivity index (χ1) is 13.5. The van der Waals surface area contributed by atoms with Crippen molar-refractivity contribution < 1.29 is 9.90 Å². The molecule has 0 saturated carbocycles. The van der Waals surface area contributed by atoms with Gasteiger partial charge in [0.25, 0.3) is 5.56 Å². The Kier molecular flexibility index (Phi) is 6.61. The number of thiophene rings is 1. The highest BCUT2D eigenvalue weighted by molar-refractivity contribution is 7.12. The second kappa shape index (κ2) is 9.14. The molecule has 148 valence electrons. The zero-order chi connectivity index (χ0) is 20.1. The van der Waals surface area contributed by atoms with Crippen molar-refractivity contribution in [2.24, 2.45) is 0 Å². The van der Waals surface area contributed by atoms with Crippen molar-refractivity contribution >= 4 is 17.1 Å². The van der Waals surface area contributed by atoms with Gasteiger partial charge in [-0.3, -0.25) is 14.3 Å². The summed E-state index contributed by atoms with van der Waals surface area (Å²) < 4.78 is 3.19. The molecule has 0 aliphatic heterocycles. The van der Waals surface area contributed by atoms with Gasteiger partial charge in [-0.25, -0.2) is 4.68 Å². The number of hydrogen-bond acceptors (Lipinski definition) is 5. The van der Waals surface area contributed by atoms with Gasteiger partial charge in [-0.2, -0.15) is 0 Å². The molecule has 1 unspecified atom stereocenters. The van der Waals surface area contributed by atoms with Crippen LogP contribution in [0.4, 0.5) is 0 Å². The molecule has 1 atom stereocenters. The van der Waals surface area contributed by atoms with E-state index in [-0.39, 0.29) is 23.5 Å². The average Bonchev–Trinajstić information content (AvgIpc) is 3.30. The summed E-state index contributed by atoms with van der Waals surface area (Å²) in [5, 5.41) is 15.5. The molecule has 6 nitrogen and oxygen atoms in total. The van der Waals surface area contributed by atoms with Crippen LogP contribution in [0.15, 0.2) is 52.6 Å². The van der Waals surface area contributed by atoms with E-state index in [2.05, 4.69) is 12.2 Å². The maximum Gasteiger partial charge on any atom is 0.282 e. The minimum atomic E-state index is -0.684. The fourth-order valence-electron chi connectivity index (χ4n) is 3.20. The van der Waals surface area contributed by atoms with E-state index >= 15 is 0 Å². The summed E-state index contributed by atoms with van der Waals surface area (Å²) in [4.78, 5) is 26.7. The first-order valence-electron chi connectivity index (χ1n) is 9.39. The molecule has 0 aliphatic carbocycles. The van der Waals surface area contributed by atoms with Crippen molar-refractivity contribution in [2.75, 3.05) is 13.1 Å². The minimum Gasteiger partial charge on any atom is -0.390 e. The predicted molar refractivity (Wildman–Crippen MR) is 112 cm³/mol. The number of carbonyl (C=O) groups is 1. The molecule has 7 heteroatoms. The Balaban J connectivity index is 2.05. The number of nitrogens with zero attached hydrogens (tertiary/aromatic N) is 2. The summed E-state index contributed by atoms with van der Waals surface area (Å²) in [5.74, 6) is -0.278. The number of ketones is 1. The van der Waals surface area contributed by atoms with Gasteiger partial charge in [0.05, 0.1) is 23.2 Å². The second-order valence-electron chi connectivity index (χ2n) is 6.66. The minimum absolute atomic E-state index is 0.153. The number of aromatic nitrogens is 2. The average molecular weight is 400 g/mol. The largest absolute Gasteiger partial charge is 0.390 e. The summed E-state index contributed by atoms with van der Waals surface area (Å²) in [6, 6.07) is 12.7. The van der Waals surface area contributed by atoms with Crippen molar-refractivity contribution in [3.05, 3.63) is 74.3 Å². The highest BCUT2D eigenvalue weighted by Gasteiger charge is 2.26. The first-order valence-corrected chi connectivity index (χ1v) is 10.3. The Hall–Kier alpha value is -2.48. The van der Waals surface area contributed by atoms with Gasteiger partial charge >= 0.3 is 0 Å². The van der Waals surface area contributed by atoms with Crippen LogP contribution in [0.5, 0.6) is 0 Å². The third kappa shape index (κ3) is 4.16. The number of benzene rings is 1. The number of aliphatic hydroxyl groups excluding tert-OH is 1. The van der Waals surface area contributed by atoms with E-state index in [0.29, 0.717) is 22.8 Å². The van der Waals surface area contributed by atoms with Gasteiger partial charge in [-0.1, -0.05) is 31.2 Å². The van der Waals surface area contributed by atoms with Crippen molar-refractivity contribution in [3.8, 4) is 5.69 Å². The fourth-order valence-corrected chi connectivity index (χ4v) is 3.87. The molecule has 2 N–H and O–H groups in total. The maximum absolute atomic E-state index is 13.2. The number of para-hydroxylation sites is 1. The summed E-state index contributed by atoms with van der Waals surface area (Å²) in [5.41, 5.74) is 1.01. The molecule has 2 aromatic heterocycles. The lowest BCUT2D eigenvalue weighted by Gasteiger charge is -2.18. The SMILES string of the molecule is CCCNCC(O)Cn1c(C)c(C(=O)c2cccs2)c(=O)n1-c1ccccc1. The van der Waals surface area contributed by atoms with Crippen LogP contribution < -0.4 is 10.9 Å². The normalized spacial score (nSPS) is 12.2. The Labute approximate surface area is 168 Å². The summed E-state index contributed by atoms with van der Waals surface area (Å²) in [7, 11) is 0. The summed E-state index contributed by atoms with van der Waals surface area (Å²) in [6.07, 6.45) is 0.292. The fraction of sp³-hybridized carbons (Fsp3) is 0.333. The molecule has 0 radical (unpaired) electrons. The maximum atomic E-state index is 13.2. The standard InChI is InChI=1S/C21H25N3O3S/c1-3-11-22-13-17(25)14-23-15(2)19(20(26)18-10-7-12-28-18)21(27)24(23)16-8-5-4-6-9-16/h4-10,12,17,22,25H,3,11,13-14H2,1-2H3. The molecule has 0 saturated heterocycles. The molecule has 0 bridgehead atoms. The Morgan fingerprint density at radius 1 is 1.21 bits per heavy atom. The topological polar surface area (TPSA) is 76.3 Å². The summed E-state index contributed by atoms with van der Waals surface area (Å²) in [6.45, 7) is 5.27. The van der Waals surface area contributed by atoms with E-state index < -0.39 is 6.10 Å². The quantitative estimate of drug-likeness (QED) is 0.428. The Bertz CT molecular complexity index is 974. The molecule has 0 amide bonds. The van der Waals surface area contributed by atoms with Crippen LogP contribution in [0.3, 0.4) is 0 Å². The van der Waals surface area contributed by atoms with Gasteiger partial charge in [0.2, 0.25) is 5.78 Å². The van der Waals surface area contributed by atoms with Crippen LogP contribution in [-0.4, -0.2) is 39.4 Å². The van der Waals surface area contributed by atoms with Gasteiger partial charge < -0.3 is 10.4 Å². The zero-order valence-electron chi connectivity index (χ0n) is 16.1. The number of hydrogen-bond donors (Lipinski definition) is 2. The molecule has 1 aromatic carbocycles.